The lowest BCUT2D eigenvalue weighted by Gasteiger charge is -2.29. The van der Waals surface area contributed by atoms with Crippen LogP contribution in [0.1, 0.15) is 0 Å². The number of nitrogens with one attached hydrogen (secondary N) is 1. The van der Waals surface area contributed by atoms with Crippen LogP contribution in [0.3, 0.4) is 0 Å². The molecule has 2 saturated heterocycles. The molecule has 6 nitrogen and oxygen atoms in total. The van der Waals surface area contributed by atoms with E-state index in [1.807, 2.05) is 18.1 Å². The van der Waals surface area contributed by atoms with Crippen LogP contribution in [0.5, 0.6) is 0 Å². The van der Waals surface area contributed by atoms with Gasteiger partial charge in [-0.15, -0.1) is 0 Å². The van der Waals surface area contributed by atoms with E-state index in [1.165, 1.54) is 0 Å². The normalized spacial score (nSPS) is 24.8. The second kappa shape index (κ2) is 4.78. The number of amides is 1. The summed E-state index contributed by atoms with van der Waals surface area (Å²) in [7, 11) is 2.00. The first kappa shape index (κ1) is 11.8. The molecule has 3 rings (SSSR count). The molecule has 2 fully saturated rings. The molecule has 0 spiro atoms. The van der Waals surface area contributed by atoms with E-state index in [4.69, 9.17) is 0 Å². The van der Waals surface area contributed by atoms with Crippen LogP contribution in [0.4, 0.5) is 0 Å². The molecule has 0 unspecified atom stereocenters. The smallest absolute Gasteiger partial charge is 0.273 e. The Labute approximate surface area is 108 Å². The fraction of sp³-hybridized carbons (Fsp3) is 0.750. The summed E-state index contributed by atoms with van der Waals surface area (Å²) < 4.78 is 0. The molecule has 18 heavy (non-hydrogen) atoms. The molecule has 3 heterocycles. The van der Waals surface area contributed by atoms with Crippen LogP contribution in [-0.4, -0.2) is 85.2 Å². The molecule has 3 aliphatic heterocycles. The van der Waals surface area contributed by atoms with Crippen molar-refractivity contribution in [3.05, 3.63) is 11.9 Å². The summed E-state index contributed by atoms with van der Waals surface area (Å²) in [6.07, 6.45) is 1.95. The Bertz CT molecular complexity index is 363. The molecule has 0 atom stereocenters. The highest BCUT2D eigenvalue weighted by atomic mass is 16.2. The monoisotopic (exact) mass is 251 g/mol. The molecule has 0 saturated carbocycles. The zero-order valence-electron chi connectivity index (χ0n) is 10.9. The summed E-state index contributed by atoms with van der Waals surface area (Å²) in [5.41, 5.74) is 0.859. The van der Waals surface area contributed by atoms with Gasteiger partial charge in [-0.25, -0.2) is 0 Å². The third-order valence-electron chi connectivity index (χ3n) is 3.82. The van der Waals surface area contributed by atoms with Crippen LogP contribution in [-0.2, 0) is 4.79 Å². The Balaban J connectivity index is 1.52. The minimum absolute atomic E-state index is 0.189. The summed E-state index contributed by atoms with van der Waals surface area (Å²) >= 11 is 0. The van der Waals surface area contributed by atoms with Gasteiger partial charge in [0.25, 0.3) is 5.91 Å². The van der Waals surface area contributed by atoms with Gasteiger partial charge in [0.1, 0.15) is 5.70 Å². The number of rotatable bonds is 3. The molecular weight excluding hydrogens is 230 g/mol. The lowest BCUT2D eigenvalue weighted by molar-refractivity contribution is -0.125. The summed E-state index contributed by atoms with van der Waals surface area (Å²) in [6.45, 7) is 7.74. The SMILES string of the molecule is CN1C=C2C(=O)N(CCN3CCNCC3)CN2C1. The Morgan fingerprint density at radius 1 is 1.22 bits per heavy atom. The molecule has 6 heteroatoms. The Morgan fingerprint density at radius 2 is 2.00 bits per heavy atom. The molecule has 1 N–H and O–H groups in total. The van der Waals surface area contributed by atoms with Gasteiger partial charge in [-0.2, -0.15) is 0 Å². The average Bonchev–Trinajstić information content (AvgIpc) is 2.87. The van der Waals surface area contributed by atoms with Crippen molar-refractivity contribution in [1.29, 1.82) is 0 Å². The zero-order chi connectivity index (χ0) is 12.5. The maximum Gasteiger partial charge on any atom is 0.273 e. The van der Waals surface area contributed by atoms with Crippen molar-refractivity contribution in [3.63, 3.8) is 0 Å². The second-order valence-corrected chi connectivity index (χ2v) is 5.25. The van der Waals surface area contributed by atoms with Crippen molar-refractivity contribution < 1.29 is 4.79 Å². The van der Waals surface area contributed by atoms with E-state index in [0.29, 0.717) is 0 Å². The maximum atomic E-state index is 12.2. The van der Waals surface area contributed by atoms with Gasteiger partial charge in [-0.3, -0.25) is 9.69 Å². The van der Waals surface area contributed by atoms with Gasteiger partial charge in [0.2, 0.25) is 0 Å². The van der Waals surface area contributed by atoms with Crippen molar-refractivity contribution in [3.8, 4) is 0 Å². The van der Waals surface area contributed by atoms with Crippen LogP contribution in [0.25, 0.3) is 0 Å². The van der Waals surface area contributed by atoms with Gasteiger partial charge in [0.15, 0.2) is 0 Å². The van der Waals surface area contributed by atoms with Crippen molar-refractivity contribution in [2.75, 3.05) is 59.7 Å². The Kier molecular flexibility index (Phi) is 3.13. The number of piperazine rings is 1. The highest BCUT2D eigenvalue weighted by Gasteiger charge is 2.36. The molecule has 0 aromatic carbocycles. The standard InChI is InChI=1S/C12H21N5O/c1-14-8-11-12(18)16(10-17(11)9-14)7-6-15-4-2-13-3-5-15/h8,13H,2-7,9-10H2,1H3. The van der Waals surface area contributed by atoms with Gasteiger partial charge in [-0.1, -0.05) is 0 Å². The van der Waals surface area contributed by atoms with Crippen molar-refractivity contribution in [2.24, 2.45) is 0 Å². The summed E-state index contributed by atoms with van der Waals surface area (Å²) in [5, 5.41) is 3.34. The fourth-order valence-electron chi connectivity index (χ4n) is 2.79. The first-order valence-electron chi connectivity index (χ1n) is 6.63. The summed E-state index contributed by atoms with van der Waals surface area (Å²) in [6, 6.07) is 0. The van der Waals surface area contributed by atoms with E-state index in [9.17, 15) is 4.79 Å². The van der Waals surface area contributed by atoms with E-state index in [1.54, 1.807) is 0 Å². The van der Waals surface area contributed by atoms with Crippen molar-refractivity contribution in [2.45, 2.75) is 0 Å². The largest absolute Gasteiger partial charge is 0.361 e. The zero-order valence-corrected chi connectivity index (χ0v) is 10.9. The van der Waals surface area contributed by atoms with Crippen molar-refractivity contribution >= 4 is 5.91 Å². The number of fused-ring (bicyclic) bond motifs is 1. The Morgan fingerprint density at radius 3 is 2.72 bits per heavy atom. The molecule has 0 aromatic rings. The summed E-state index contributed by atoms with van der Waals surface area (Å²) in [4.78, 5) is 20.7. The average molecular weight is 251 g/mol. The van der Waals surface area contributed by atoms with E-state index in [0.717, 1.165) is 58.3 Å². The number of hydrogen-bond acceptors (Lipinski definition) is 5. The van der Waals surface area contributed by atoms with Crippen LogP contribution >= 0.6 is 0 Å². The second-order valence-electron chi connectivity index (χ2n) is 5.25. The van der Waals surface area contributed by atoms with E-state index in [-0.39, 0.29) is 5.91 Å². The van der Waals surface area contributed by atoms with Gasteiger partial charge >= 0.3 is 0 Å². The minimum atomic E-state index is 0.189. The number of hydrogen-bond donors (Lipinski definition) is 1. The fourth-order valence-corrected chi connectivity index (χ4v) is 2.79. The molecule has 0 aromatic heterocycles. The Hall–Kier alpha value is -1.27. The van der Waals surface area contributed by atoms with Crippen LogP contribution in [0.15, 0.2) is 11.9 Å². The van der Waals surface area contributed by atoms with Crippen LogP contribution < -0.4 is 5.32 Å². The van der Waals surface area contributed by atoms with Crippen LogP contribution in [0.2, 0.25) is 0 Å². The minimum Gasteiger partial charge on any atom is -0.361 e. The number of carbonyl (C=O) groups is 1. The third kappa shape index (κ3) is 2.18. The van der Waals surface area contributed by atoms with E-state index in [2.05, 4.69) is 20.0 Å². The molecule has 0 bridgehead atoms. The summed E-state index contributed by atoms with van der Waals surface area (Å²) in [5.74, 6) is 0.189. The number of carbonyl (C=O) groups excluding carboxylic acids is 1. The topological polar surface area (TPSA) is 42.1 Å². The lowest BCUT2D eigenvalue weighted by Crippen LogP contribution is -2.46. The van der Waals surface area contributed by atoms with Gasteiger partial charge in [0, 0.05) is 52.5 Å². The maximum absolute atomic E-state index is 12.2. The van der Waals surface area contributed by atoms with E-state index < -0.39 is 0 Å². The highest BCUT2D eigenvalue weighted by molar-refractivity contribution is 5.95. The van der Waals surface area contributed by atoms with Gasteiger partial charge < -0.3 is 20.0 Å². The molecule has 0 radical (unpaired) electrons. The predicted octanol–water partition coefficient (Wildman–Crippen LogP) is -1.26. The lowest BCUT2D eigenvalue weighted by atomic mass is 10.3. The van der Waals surface area contributed by atoms with Gasteiger partial charge in [-0.05, 0) is 0 Å². The first-order valence-corrected chi connectivity index (χ1v) is 6.63. The first-order chi connectivity index (χ1) is 8.74. The third-order valence-corrected chi connectivity index (χ3v) is 3.82. The number of nitrogens with zero attached hydrogens (tertiary/aromatic N) is 4. The molecule has 100 valence electrons. The molecule has 3 aliphatic rings. The molecular formula is C12H21N5O. The molecule has 1 amide bonds. The quantitative estimate of drug-likeness (QED) is 0.678. The highest BCUT2D eigenvalue weighted by Crippen LogP contribution is 2.23. The van der Waals surface area contributed by atoms with Crippen molar-refractivity contribution in [1.82, 2.24) is 24.9 Å². The van der Waals surface area contributed by atoms with E-state index >= 15 is 0 Å². The van der Waals surface area contributed by atoms with Gasteiger partial charge in [0.05, 0.1) is 13.3 Å². The van der Waals surface area contributed by atoms with Crippen LogP contribution in [0, 0.1) is 0 Å². The molecule has 0 aliphatic carbocycles. The predicted molar refractivity (Wildman–Crippen MR) is 68.4 cm³/mol.